The number of esters is 1. The molecule has 0 atom stereocenters. The van der Waals surface area contributed by atoms with Gasteiger partial charge in [0.25, 0.3) is 5.91 Å². The highest BCUT2D eigenvalue weighted by molar-refractivity contribution is 7.16. The fraction of sp³-hybridized carbons (Fsp3) is 0.250. The van der Waals surface area contributed by atoms with Gasteiger partial charge in [0.05, 0.1) is 35.9 Å². The summed E-state index contributed by atoms with van der Waals surface area (Å²) in [5.74, 6) is -0.260. The number of methoxy groups -OCH3 is 1. The van der Waals surface area contributed by atoms with E-state index in [2.05, 4.69) is 4.99 Å². The number of hydrogen-bond acceptors (Lipinski definition) is 5. The molecular formula is C20H19ClN2O4S. The minimum absolute atomic E-state index is 0.179. The summed E-state index contributed by atoms with van der Waals surface area (Å²) in [6, 6.07) is 12.4. The molecule has 28 heavy (non-hydrogen) atoms. The third-order valence-electron chi connectivity index (χ3n) is 4.02. The number of fused-ring (bicyclic) bond motifs is 1. The summed E-state index contributed by atoms with van der Waals surface area (Å²) in [6.07, 6.45) is 0.179. The van der Waals surface area contributed by atoms with E-state index in [9.17, 15) is 9.59 Å². The highest BCUT2D eigenvalue weighted by Crippen LogP contribution is 2.23. The molecule has 0 N–H and O–H groups in total. The fourth-order valence-electron chi connectivity index (χ4n) is 2.75. The van der Waals surface area contributed by atoms with Gasteiger partial charge in [-0.15, -0.1) is 0 Å². The van der Waals surface area contributed by atoms with Crippen LogP contribution in [0.2, 0.25) is 5.02 Å². The Kier molecular flexibility index (Phi) is 6.49. The molecule has 0 aliphatic rings. The molecule has 0 aliphatic carbocycles. The van der Waals surface area contributed by atoms with E-state index < -0.39 is 5.91 Å². The zero-order valence-corrected chi connectivity index (χ0v) is 17.0. The van der Waals surface area contributed by atoms with Crippen molar-refractivity contribution in [3.63, 3.8) is 0 Å². The summed E-state index contributed by atoms with van der Waals surface area (Å²) < 4.78 is 13.0. The van der Waals surface area contributed by atoms with E-state index in [1.165, 1.54) is 18.4 Å². The van der Waals surface area contributed by atoms with Gasteiger partial charge in [-0.1, -0.05) is 35.1 Å². The molecule has 0 bridgehead atoms. The summed E-state index contributed by atoms with van der Waals surface area (Å²) in [5.41, 5.74) is 1.22. The lowest BCUT2D eigenvalue weighted by Crippen LogP contribution is -2.19. The Morgan fingerprint density at radius 3 is 2.75 bits per heavy atom. The van der Waals surface area contributed by atoms with Crippen molar-refractivity contribution in [3.05, 3.63) is 57.9 Å². The molecule has 3 rings (SSSR count). The summed E-state index contributed by atoms with van der Waals surface area (Å²) in [6.45, 7) is 2.44. The van der Waals surface area contributed by atoms with E-state index in [1.807, 2.05) is 16.7 Å². The largest absolute Gasteiger partial charge is 0.496 e. The van der Waals surface area contributed by atoms with E-state index in [1.54, 1.807) is 37.3 Å². The SMILES string of the molecule is CCOC(=O)CCn1c(=NC(=O)c2ccccc2OC)sc2cc(Cl)ccc21. The molecule has 2 aromatic carbocycles. The Balaban J connectivity index is 2.05. The average molecular weight is 419 g/mol. The predicted molar refractivity (Wildman–Crippen MR) is 109 cm³/mol. The highest BCUT2D eigenvalue weighted by Gasteiger charge is 2.14. The van der Waals surface area contributed by atoms with E-state index in [0.717, 1.165) is 10.2 Å². The van der Waals surface area contributed by atoms with Gasteiger partial charge in [0.15, 0.2) is 4.80 Å². The summed E-state index contributed by atoms with van der Waals surface area (Å²) in [5, 5.41) is 0.592. The maximum Gasteiger partial charge on any atom is 0.307 e. The average Bonchev–Trinajstić information content (AvgIpc) is 3.02. The molecule has 146 valence electrons. The lowest BCUT2D eigenvalue weighted by molar-refractivity contribution is -0.143. The Morgan fingerprint density at radius 2 is 2.00 bits per heavy atom. The van der Waals surface area contributed by atoms with Crippen molar-refractivity contribution in [2.45, 2.75) is 19.9 Å². The van der Waals surface area contributed by atoms with E-state index in [0.29, 0.717) is 34.3 Å². The van der Waals surface area contributed by atoms with Crippen LogP contribution in [-0.4, -0.2) is 30.2 Å². The molecule has 1 amide bonds. The number of benzene rings is 2. The monoisotopic (exact) mass is 418 g/mol. The zero-order valence-electron chi connectivity index (χ0n) is 15.5. The van der Waals surface area contributed by atoms with Gasteiger partial charge in [0.2, 0.25) is 0 Å². The third kappa shape index (κ3) is 4.43. The summed E-state index contributed by atoms with van der Waals surface area (Å²) in [7, 11) is 1.51. The van der Waals surface area contributed by atoms with Crippen molar-refractivity contribution >= 4 is 45.0 Å². The maximum atomic E-state index is 12.8. The highest BCUT2D eigenvalue weighted by atomic mass is 35.5. The van der Waals surface area contributed by atoms with Gasteiger partial charge in [-0.3, -0.25) is 9.59 Å². The van der Waals surface area contributed by atoms with Crippen LogP contribution in [0.1, 0.15) is 23.7 Å². The van der Waals surface area contributed by atoms with Gasteiger partial charge in [-0.2, -0.15) is 4.99 Å². The first kappa shape index (κ1) is 20.1. The molecule has 8 heteroatoms. The number of ether oxygens (including phenoxy) is 2. The fourth-order valence-corrected chi connectivity index (χ4v) is 4.08. The van der Waals surface area contributed by atoms with Crippen LogP contribution in [0.3, 0.4) is 0 Å². The lowest BCUT2D eigenvalue weighted by Gasteiger charge is -2.06. The molecule has 3 aromatic rings. The zero-order chi connectivity index (χ0) is 20.1. The minimum Gasteiger partial charge on any atom is -0.496 e. The standard InChI is InChI=1S/C20H19ClN2O4S/c1-3-27-18(24)10-11-23-15-9-8-13(21)12-17(15)28-20(23)22-19(25)14-6-4-5-7-16(14)26-2/h4-9,12H,3,10-11H2,1-2H3. The number of nitrogens with zero attached hydrogens (tertiary/aromatic N) is 2. The number of amides is 1. The van der Waals surface area contributed by atoms with Crippen LogP contribution in [0.15, 0.2) is 47.5 Å². The van der Waals surface area contributed by atoms with E-state index in [-0.39, 0.29) is 12.4 Å². The molecule has 0 aliphatic heterocycles. The van der Waals surface area contributed by atoms with Crippen LogP contribution in [0.25, 0.3) is 10.2 Å². The maximum absolute atomic E-state index is 12.8. The molecule has 1 aromatic heterocycles. The summed E-state index contributed by atoms with van der Waals surface area (Å²) >= 11 is 7.44. The summed E-state index contributed by atoms with van der Waals surface area (Å²) in [4.78, 5) is 29.3. The number of carbonyl (C=O) groups excluding carboxylic acids is 2. The van der Waals surface area contributed by atoms with Gasteiger partial charge >= 0.3 is 5.97 Å². The van der Waals surface area contributed by atoms with E-state index in [4.69, 9.17) is 21.1 Å². The second-order valence-electron chi connectivity index (χ2n) is 5.82. The van der Waals surface area contributed by atoms with Crippen molar-refractivity contribution in [2.24, 2.45) is 4.99 Å². The molecule has 1 heterocycles. The predicted octanol–water partition coefficient (Wildman–Crippen LogP) is 4.06. The third-order valence-corrected chi connectivity index (χ3v) is 5.30. The molecule has 0 fully saturated rings. The number of aryl methyl sites for hydroxylation is 1. The first-order valence-electron chi connectivity index (χ1n) is 8.70. The second kappa shape index (κ2) is 9.03. The quantitative estimate of drug-likeness (QED) is 0.566. The molecule has 0 saturated carbocycles. The Morgan fingerprint density at radius 1 is 1.21 bits per heavy atom. The van der Waals surface area contributed by atoms with Gasteiger partial charge in [-0.05, 0) is 37.3 Å². The van der Waals surface area contributed by atoms with Gasteiger partial charge in [0, 0.05) is 11.6 Å². The number of hydrogen-bond donors (Lipinski definition) is 0. The van der Waals surface area contributed by atoms with Gasteiger partial charge in [0.1, 0.15) is 5.75 Å². The van der Waals surface area contributed by atoms with Crippen LogP contribution < -0.4 is 9.54 Å². The van der Waals surface area contributed by atoms with Crippen LogP contribution in [0.4, 0.5) is 0 Å². The van der Waals surface area contributed by atoms with Crippen molar-refractivity contribution in [1.29, 1.82) is 0 Å². The first-order valence-corrected chi connectivity index (χ1v) is 9.89. The Labute approximate surface area is 171 Å². The smallest absolute Gasteiger partial charge is 0.307 e. The van der Waals surface area contributed by atoms with Crippen LogP contribution in [0.5, 0.6) is 5.75 Å². The molecule has 0 radical (unpaired) electrons. The first-order chi connectivity index (χ1) is 13.5. The van der Waals surface area contributed by atoms with Crippen molar-refractivity contribution in [3.8, 4) is 5.75 Å². The Bertz CT molecular complexity index is 1090. The van der Waals surface area contributed by atoms with Crippen LogP contribution in [-0.2, 0) is 16.1 Å². The molecule has 0 unspecified atom stereocenters. The Hall–Kier alpha value is -2.64. The normalized spacial score (nSPS) is 11.6. The van der Waals surface area contributed by atoms with Crippen molar-refractivity contribution in [2.75, 3.05) is 13.7 Å². The van der Waals surface area contributed by atoms with Crippen molar-refractivity contribution < 1.29 is 19.1 Å². The van der Waals surface area contributed by atoms with Gasteiger partial charge < -0.3 is 14.0 Å². The lowest BCUT2D eigenvalue weighted by atomic mass is 10.2. The number of rotatable bonds is 6. The minimum atomic E-state index is -0.417. The van der Waals surface area contributed by atoms with Crippen LogP contribution in [0, 0.1) is 0 Å². The molecular weight excluding hydrogens is 400 g/mol. The van der Waals surface area contributed by atoms with Gasteiger partial charge in [-0.25, -0.2) is 0 Å². The van der Waals surface area contributed by atoms with Crippen LogP contribution >= 0.6 is 22.9 Å². The number of halogens is 1. The molecule has 6 nitrogen and oxygen atoms in total. The van der Waals surface area contributed by atoms with E-state index >= 15 is 0 Å². The number of para-hydroxylation sites is 1. The number of carbonyl (C=O) groups is 2. The molecule has 0 saturated heterocycles. The molecule has 0 spiro atoms. The number of aromatic nitrogens is 1. The van der Waals surface area contributed by atoms with Crippen molar-refractivity contribution in [1.82, 2.24) is 4.57 Å². The number of thiazole rings is 1. The second-order valence-corrected chi connectivity index (χ2v) is 7.27. The topological polar surface area (TPSA) is 69.9 Å².